The van der Waals surface area contributed by atoms with E-state index in [1.807, 2.05) is 60.7 Å². The van der Waals surface area contributed by atoms with E-state index in [0.29, 0.717) is 11.9 Å². The Morgan fingerprint density at radius 3 is 2.60 bits per heavy atom. The molecule has 11 nitrogen and oxygen atoms in total. The van der Waals surface area contributed by atoms with Gasteiger partial charge in [-0.05, 0) is 37.1 Å². The highest BCUT2D eigenvalue weighted by molar-refractivity contribution is 5.99. The lowest BCUT2D eigenvalue weighted by molar-refractivity contribution is -0.160. The van der Waals surface area contributed by atoms with Crippen LogP contribution in [0.15, 0.2) is 78.9 Å². The number of carbonyl (C=O) groups excluding carboxylic acids is 3. The summed E-state index contributed by atoms with van der Waals surface area (Å²) in [5, 5.41) is 19.1. The second kappa shape index (κ2) is 9.88. The van der Waals surface area contributed by atoms with Crippen LogP contribution < -0.4 is 0 Å². The normalized spacial score (nSPS) is 31.0. The lowest BCUT2D eigenvalue weighted by atomic mass is 9.75. The summed E-state index contributed by atoms with van der Waals surface area (Å²) in [7, 11) is 0. The predicted octanol–water partition coefficient (Wildman–Crippen LogP) is 1.47. The van der Waals surface area contributed by atoms with E-state index in [2.05, 4.69) is 10.3 Å². The van der Waals surface area contributed by atoms with Crippen LogP contribution in [0.5, 0.6) is 0 Å². The number of hydrogen-bond donors (Lipinski definition) is 1. The summed E-state index contributed by atoms with van der Waals surface area (Å²) >= 11 is 0. The number of cyclic esters (lactones) is 1. The van der Waals surface area contributed by atoms with Crippen molar-refractivity contribution in [1.29, 1.82) is 0 Å². The third kappa shape index (κ3) is 3.91. The quantitative estimate of drug-likeness (QED) is 0.349. The van der Waals surface area contributed by atoms with Crippen LogP contribution in [0.4, 0.5) is 0 Å². The molecule has 1 spiro atoms. The van der Waals surface area contributed by atoms with Crippen molar-refractivity contribution in [3.63, 3.8) is 0 Å². The van der Waals surface area contributed by atoms with Crippen molar-refractivity contribution < 1.29 is 29.0 Å². The standard InChI is InChI=1S/C31H31N5O6/c1-30-13-8-16-41-29(40)25(30)24-27(38)36(21(18-37)17-20-9-3-2-4-10-20)26-28(39)34(15-7-14-31(24,26)42-30)19-35-23-12-6-5-11-22(23)32-33-35/h2-14,21,24-26,37H,15-19H2,1H3/t21-,24+,25+,26?,30-,31+/m1/s1. The van der Waals surface area contributed by atoms with Crippen LogP contribution in [0.3, 0.4) is 0 Å². The fraction of sp³-hybridized carbons (Fsp3) is 0.387. The molecule has 1 aromatic heterocycles. The Morgan fingerprint density at radius 1 is 1.00 bits per heavy atom. The third-order valence-electron chi connectivity index (χ3n) is 8.98. The summed E-state index contributed by atoms with van der Waals surface area (Å²) in [4.78, 5) is 45.6. The van der Waals surface area contributed by atoms with Crippen LogP contribution in [0, 0.1) is 11.8 Å². The van der Waals surface area contributed by atoms with Crippen LogP contribution in [0.1, 0.15) is 12.5 Å². The van der Waals surface area contributed by atoms with Crippen molar-refractivity contribution in [2.24, 2.45) is 11.8 Å². The lowest BCUT2D eigenvalue weighted by Crippen LogP contribution is -2.59. The van der Waals surface area contributed by atoms with Crippen LogP contribution in [0.2, 0.25) is 0 Å². The number of aromatic nitrogens is 3. The highest BCUT2D eigenvalue weighted by Crippen LogP contribution is 2.57. The fourth-order valence-electron chi connectivity index (χ4n) is 7.18. The zero-order valence-electron chi connectivity index (χ0n) is 23.1. The van der Waals surface area contributed by atoms with E-state index in [-0.39, 0.29) is 32.3 Å². The van der Waals surface area contributed by atoms with E-state index in [1.54, 1.807) is 34.7 Å². The monoisotopic (exact) mass is 569 g/mol. The minimum absolute atomic E-state index is 0.0804. The number of benzene rings is 2. The molecular weight excluding hydrogens is 538 g/mol. The lowest BCUT2D eigenvalue weighted by Gasteiger charge is -2.40. The largest absolute Gasteiger partial charge is 0.461 e. The number of aliphatic hydroxyl groups is 1. The Balaban J connectivity index is 1.33. The van der Waals surface area contributed by atoms with Gasteiger partial charge >= 0.3 is 5.97 Å². The van der Waals surface area contributed by atoms with Gasteiger partial charge in [0.15, 0.2) is 0 Å². The van der Waals surface area contributed by atoms with Gasteiger partial charge in [-0.1, -0.05) is 65.9 Å². The Kier molecular flexibility index (Phi) is 6.25. The first kappa shape index (κ1) is 26.5. The zero-order chi connectivity index (χ0) is 29.1. The Bertz CT molecular complexity index is 1620. The van der Waals surface area contributed by atoms with Gasteiger partial charge in [-0.2, -0.15) is 0 Å². The zero-order valence-corrected chi connectivity index (χ0v) is 23.1. The molecule has 2 fully saturated rings. The number of rotatable bonds is 6. The number of esters is 1. The van der Waals surface area contributed by atoms with Gasteiger partial charge in [0.1, 0.15) is 36.4 Å². The molecule has 42 heavy (non-hydrogen) atoms. The van der Waals surface area contributed by atoms with E-state index < -0.39 is 47.0 Å². The van der Waals surface area contributed by atoms with Crippen LogP contribution >= 0.6 is 0 Å². The first-order valence-corrected chi connectivity index (χ1v) is 14.1. The summed E-state index contributed by atoms with van der Waals surface area (Å²) in [6, 6.07) is 15.1. The summed E-state index contributed by atoms with van der Waals surface area (Å²) < 4.78 is 13.9. The molecular formula is C31H31N5O6. The van der Waals surface area contributed by atoms with Gasteiger partial charge in [-0.3, -0.25) is 14.4 Å². The molecule has 5 heterocycles. The van der Waals surface area contributed by atoms with E-state index in [4.69, 9.17) is 9.47 Å². The SMILES string of the molecule is C[C@@]12C=CCOC(=O)[C@@H]1[C@H]1C(=O)N([C@@H](CO)Cc3ccccc3)C3C(=O)N(Cn4nnc5ccccc54)CC=C[C@@]31O2. The number of hydrogen-bond acceptors (Lipinski definition) is 8. The van der Waals surface area contributed by atoms with Gasteiger partial charge in [-0.15, -0.1) is 5.10 Å². The van der Waals surface area contributed by atoms with Gasteiger partial charge in [0.25, 0.3) is 5.91 Å². The summed E-state index contributed by atoms with van der Waals surface area (Å²) in [6.45, 7) is 1.79. The Hall–Kier alpha value is -4.35. The van der Waals surface area contributed by atoms with Crippen molar-refractivity contribution in [1.82, 2.24) is 24.8 Å². The molecule has 4 aliphatic rings. The molecule has 6 atom stereocenters. The van der Waals surface area contributed by atoms with Crippen LogP contribution in [-0.4, -0.2) is 90.7 Å². The Labute approximate surface area is 242 Å². The van der Waals surface area contributed by atoms with E-state index >= 15 is 0 Å². The second-order valence-corrected chi connectivity index (χ2v) is 11.5. The maximum absolute atomic E-state index is 14.6. The molecule has 11 heteroatoms. The van der Waals surface area contributed by atoms with E-state index in [9.17, 15) is 19.5 Å². The number of carbonyl (C=O) groups is 3. The minimum atomic E-state index is -1.45. The highest BCUT2D eigenvalue weighted by Gasteiger charge is 2.75. The Morgan fingerprint density at radius 2 is 1.79 bits per heavy atom. The molecule has 0 bridgehead atoms. The molecule has 4 aliphatic heterocycles. The molecule has 2 amide bonds. The van der Waals surface area contributed by atoms with Gasteiger partial charge < -0.3 is 24.4 Å². The van der Waals surface area contributed by atoms with Crippen molar-refractivity contribution in [3.05, 3.63) is 84.5 Å². The number of likely N-dealkylation sites (tertiary alicyclic amines) is 1. The molecule has 2 saturated heterocycles. The molecule has 0 aliphatic carbocycles. The summed E-state index contributed by atoms with van der Waals surface area (Å²) in [5.74, 6) is -3.30. The van der Waals surface area contributed by atoms with Gasteiger partial charge in [0.05, 0.1) is 29.7 Å². The average molecular weight is 570 g/mol. The van der Waals surface area contributed by atoms with Crippen molar-refractivity contribution in [3.8, 4) is 0 Å². The fourth-order valence-corrected chi connectivity index (χ4v) is 7.18. The highest BCUT2D eigenvalue weighted by atomic mass is 16.6. The molecule has 216 valence electrons. The maximum Gasteiger partial charge on any atom is 0.313 e. The van der Waals surface area contributed by atoms with Crippen LogP contribution in [0.25, 0.3) is 11.0 Å². The maximum atomic E-state index is 14.6. The average Bonchev–Trinajstić information content (AvgIpc) is 3.52. The van der Waals surface area contributed by atoms with E-state index in [0.717, 1.165) is 11.1 Å². The van der Waals surface area contributed by atoms with Crippen LogP contribution in [-0.2, 0) is 36.9 Å². The molecule has 7 rings (SSSR count). The number of nitrogens with zero attached hydrogens (tertiary/aromatic N) is 5. The van der Waals surface area contributed by atoms with E-state index in [1.165, 1.54) is 4.90 Å². The topological polar surface area (TPSA) is 127 Å². The predicted molar refractivity (Wildman–Crippen MR) is 149 cm³/mol. The molecule has 1 N–H and O–H groups in total. The molecule has 0 radical (unpaired) electrons. The molecule has 3 aromatic rings. The first-order chi connectivity index (χ1) is 20.4. The number of ether oxygens (including phenoxy) is 2. The third-order valence-corrected chi connectivity index (χ3v) is 8.98. The summed E-state index contributed by atoms with van der Waals surface area (Å²) in [6.07, 6.45) is 7.38. The number of amides is 2. The van der Waals surface area contributed by atoms with Gasteiger partial charge in [-0.25, -0.2) is 4.68 Å². The van der Waals surface area contributed by atoms with Crippen molar-refractivity contribution in [2.75, 3.05) is 19.8 Å². The molecule has 0 saturated carbocycles. The first-order valence-electron chi connectivity index (χ1n) is 14.1. The number of para-hydroxylation sites is 1. The summed E-state index contributed by atoms with van der Waals surface area (Å²) in [5.41, 5.74) is -0.236. The smallest absolute Gasteiger partial charge is 0.313 e. The molecule has 1 unspecified atom stereocenters. The van der Waals surface area contributed by atoms with Gasteiger partial charge in [0, 0.05) is 6.54 Å². The number of aliphatic hydroxyl groups excluding tert-OH is 1. The second-order valence-electron chi connectivity index (χ2n) is 11.5. The van der Waals surface area contributed by atoms with Gasteiger partial charge in [0.2, 0.25) is 5.91 Å². The van der Waals surface area contributed by atoms with Crippen molar-refractivity contribution in [2.45, 2.75) is 43.3 Å². The minimum Gasteiger partial charge on any atom is -0.461 e. The molecule has 2 aromatic carbocycles. The van der Waals surface area contributed by atoms with Crippen molar-refractivity contribution >= 4 is 28.8 Å². The number of fused-ring (bicyclic) bond motifs is 3.